The second-order valence-electron chi connectivity index (χ2n) is 10.6. The Morgan fingerprint density at radius 3 is 2.62 bits per heavy atom. The van der Waals surface area contributed by atoms with Gasteiger partial charge in [0.15, 0.2) is 0 Å². The van der Waals surface area contributed by atoms with E-state index in [2.05, 4.69) is 0 Å². The second kappa shape index (κ2) is 9.83. The molecule has 2 atom stereocenters. The quantitative estimate of drug-likeness (QED) is 0.532. The fourth-order valence-corrected chi connectivity index (χ4v) is 5.67. The first-order valence-corrected chi connectivity index (χ1v) is 12.7. The van der Waals surface area contributed by atoms with E-state index in [9.17, 15) is 23.1 Å². The second-order valence-corrected chi connectivity index (χ2v) is 10.6. The van der Waals surface area contributed by atoms with Crippen LogP contribution in [0.25, 0.3) is 0 Å². The Kier molecular flexibility index (Phi) is 6.87. The molecule has 0 spiro atoms. The lowest BCUT2D eigenvalue weighted by Gasteiger charge is -2.36. The average Bonchev–Trinajstić information content (AvgIpc) is 3.44. The molecule has 9 heteroatoms. The first-order chi connectivity index (χ1) is 17.5. The number of likely N-dealkylation sites (tertiary alicyclic amines) is 1. The van der Waals surface area contributed by atoms with Gasteiger partial charge in [0.25, 0.3) is 0 Å². The third-order valence-corrected chi connectivity index (χ3v) is 7.88. The van der Waals surface area contributed by atoms with Crippen molar-refractivity contribution < 1.29 is 37.3 Å². The van der Waals surface area contributed by atoms with Crippen LogP contribution in [0.5, 0.6) is 11.5 Å². The number of esters is 1. The smallest absolute Gasteiger partial charge is 0.416 e. The minimum absolute atomic E-state index is 0.0782. The van der Waals surface area contributed by atoms with Crippen LogP contribution in [-0.2, 0) is 28.7 Å². The number of hydrogen-bond acceptors (Lipinski definition) is 6. The monoisotopic (exact) mass is 519 g/mol. The number of rotatable bonds is 6. The highest BCUT2D eigenvalue weighted by atomic mass is 19.4. The van der Waals surface area contributed by atoms with Crippen LogP contribution in [0.3, 0.4) is 0 Å². The Morgan fingerprint density at radius 1 is 1.19 bits per heavy atom. The van der Waals surface area contributed by atoms with Crippen molar-refractivity contribution in [3.05, 3.63) is 58.1 Å². The largest absolute Gasteiger partial charge is 0.492 e. The molecule has 2 aliphatic heterocycles. The van der Waals surface area contributed by atoms with Crippen LogP contribution in [0, 0.1) is 0 Å². The molecule has 0 aromatic heterocycles. The first-order valence-electron chi connectivity index (χ1n) is 12.7. The number of carbonyl (C=O) groups is 1. The maximum Gasteiger partial charge on any atom is 0.416 e. The summed E-state index contributed by atoms with van der Waals surface area (Å²) in [5.74, 6) is 0.854. The number of nitrogens with zero attached hydrogens (tertiary/aromatic N) is 1. The van der Waals surface area contributed by atoms with Crippen molar-refractivity contribution in [2.75, 3.05) is 26.8 Å². The SMILES string of the molecule is COC(=O)CC1COc2cc(OC3CCc4c3ccc(C(F)(F)F)c4CN3CCC(C)(O)CC3)ccc21. The van der Waals surface area contributed by atoms with Gasteiger partial charge in [-0.25, -0.2) is 0 Å². The van der Waals surface area contributed by atoms with E-state index >= 15 is 0 Å². The Balaban J connectivity index is 1.36. The van der Waals surface area contributed by atoms with E-state index in [1.807, 2.05) is 17.0 Å². The summed E-state index contributed by atoms with van der Waals surface area (Å²) in [4.78, 5) is 13.7. The number of ether oxygens (including phenoxy) is 3. The topological polar surface area (TPSA) is 68.2 Å². The van der Waals surface area contributed by atoms with Crippen LogP contribution >= 0.6 is 0 Å². The van der Waals surface area contributed by atoms with Gasteiger partial charge in [0.05, 0.1) is 31.3 Å². The lowest BCUT2D eigenvalue weighted by atomic mass is 9.92. The summed E-state index contributed by atoms with van der Waals surface area (Å²) in [5.41, 5.74) is 1.39. The lowest BCUT2D eigenvalue weighted by Crippen LogP contribution is -2.42. The standard InChI is InChI=1S/C28H32F3NO5/c1-27(34)9-11-32(12-10-27)15-22-20-6-8-24(21(20)5-7-23(22)28(29,30)31)37-18-3-4-19-17(13-26(33)35-2)16-36-25(19)14-18/h3-5,7,14,17,24,34H,6,8-13,15-16H2,1-2H3. The van der Waals surface area contributed by atoms with Crippen LogP contribution in [-0.4, -0.2) is 48.4 Å². The zero-order valence-corrected chi connectivity index (χ0v) is 21.1. The van der Waals surface area contributed by atoms with Gasteiger partial charge < -0.3 is 19.3 Å². The summed E-state index contributed by atoms with van der Waals surface area (Å²) in [6, 6.07) is 8.22. The van der Waals surface area contributed by atoms with E-state index < -0.39 is 17.3 Å². The number of fused-ring (bicyclic) bond motifs is 2. The Morgan fingerprint density at radius 2 is 1.92 bits per heavy atom. The normalized spacial score (nSPS) is 22.8. The number of piperidine rings is 1. The molecule has 2 heterocycles. The summed E-state index contributed by atoms with van der Waals surface area (Å²) in [6.45, 7) is 3.47. The highest BCUT2D eigenvalue weighted by Crippen LogP contribution is 2.44. The van der Waals surface area contributed by atoms with E-state index in [0.29, 0.717) is 68.0 Å². The molecular weight excluding hydrogens is 487 g/mol. The first kappa shape index (κ1) is 25.9. The number of alkyl halides is 3. The van der Waals surface area contributed by atoms with Gasteiger partial charge in [-0.15, -0.1) is 0 Å². The van der Waals surface area contributed by atoms with Crippen LogP contribution in [0.4, 0.5) is 13.2 Å². The van der Waals surface area contributed by atoms with Gasteiger partial charge in [-0.1, -0.05) is 12.1 Å². The van der Waals surface area contributed by atoms with Crippen LogP contribution < -0.4 is 9.47 Å². The van der Waals surface area contributed by atoms with Crippen molar-refractivity contribution in [1.29, 1.82) is 0 Å². The molecule has 37 heavy (non-hydrogen) atoms. The Bertz CT molecular complexity index is 1170. The van der Waals surface area contributed by atoms with Crippen molar-refractivity contribution in [1.82, 2.24) is 4.90 Å². The van der Waals surface area contributed by atoms with Crippen molar-refractivity contribution in [3.8, 4) is 11.5 Å². The minimum atomic E-state index is -4.44. The number of halogens is 3. The predicted molar refractivity (Wildman–Crippen MR) is 130 cm³/mol. The molecule has 5 rings (SSSR count). The highest BCUT2D eigenvalue weighted by Gasteiger charge is 2.39. The number of hydrogen-bond donors (Lipinski definition) is 1. The molecule has 1 saturated heterocycles. The zero-order valence-electron chi connectivity index (χ0n) is 21.1. The van der Waals surface area contributed by atoms with Gasteiger partial charge in [-0.3, -0.25) is 9.69 Å². The average molecular weight is 520 g/mol. The summed E-state index contributed by atoms with van der Waals surface area (Å²) in [6.07, 6.45) is -2.40. The predicted octanol–water partition coefficient (Wildman–Crippen LogP) is 5.16. The summed E-state index contributed by atoms with van der Waals surface area (Å²) in [5, 5.41) is 10.2. The van der Waals surface area contributed by atoms with E-state index in [1.54, 1.807) is 19.1 Å². The molecule has 0 radical (unpaired) electrons. The van der Waals surface area contributed by atoms with Crippen LogP contribution in [0.2, 0.25) is 0 Å². The van der Waals surface area contributed by atoms with Gasteiger partial charge in [-0.2, -0.15) is 13.2 Å². The summed E-state index contributed by atoms with van der Waals surface area (Å²) >= 11 is 0. The number of carbonyl (C=O) groups excluding carboxylic acids is 1. The Labute approximate surface area is 214 Å². The fraction of sp³-hybridized carbons (Fsp3) is 0.536. The molecule has 3 aliphatic rings. The molecule has 6 nitrogen and oxygen atoms in total. The zero-order chi connectivity index (χ0) is 26.4. The minimum Gasteiger partial charge on any atom is -0.492 e. The van der Waals surface area contributed by atoms with E-state index in [1.165, 1.54) is 13.2 Å². The van der Waals surface area contributed by atoms with Gasteiger partial charge in [0.1, 0.15) is 17.6 Å². The van der Waals surface area contributed by atoms with Gasteiger partial charge >= 0.3 is 12.1 Å². The van der Waals surface area contributed by atoms with Gasteiger partial charge in [0, 0.05) is 37.2 Å². The number of aliphatic hydroxyl groups is 1. The third-order valence-electron chi connectivity index (χ3n) is 7.88. The van der Waals surface area contributed by atoms with E-state index in [0.717, 1.165) is 11.1 Å². The van der Waals surface area contributed by atoms with Gasteiger partial charge in [-0.05, 0) is 61.4 Å². The van der Waals surface area contributed by atoms with Crippen molar-refractivity contribution in [2.45, 2.75) is 69.4 Å². The number of methoxy groups -OCH3 is 1. The maximum atomic E-state index is 14.0. The van der Waals surface area contributed by atoms with Gasteiger partial charge in [0.2, 0.25) is 0 Å². The fourth-order valence-electron chi connectivity index (χ4n) is 5.67. The molecule has 0 saturated carbocycles. The molecule has 2 aromatic carbocycles. The van der Waals surface area contributed by atoms with Crippen molar-refractivity contribution >= 4 is 5.97 Å². The molecule has 1 fully saturated rings. The Hall–Kier alpha value is -2.78. The van der Waals surface area contributed by atoms with Crippen molar-refractivity contribution in [3.63, 3.8) is 0 Å². The number of benzene rings is 2. The molecular formula is C28H32F3NO5. The van der Waals surface area contributed by atoms with Crippen LogP contribution in [0.15, 0.2) is 30.3 Å². The highest BCUT2D eigenvalue weighted by molar-refractivity contribution is 5.71. The van der Waals surface area contributed by atoms with Crippen molar-refractivity contribution in [2.24, 2.45) is 0 Å². The molecule has 0 amide bonds. The molecule has 2 unspecified atom stereocenters. The summed E-state index contributed by atoms with van der Waals surface area (Å²) < 4.78 is 58.7. The van der Waals surface area contributed by atoms with E-state index in [-0.39, 0.29) is 31.0 Å². The van der Waals surface area contributed by atoms with Crippen LogP contribution in [0.1, 0.15) is 72.4 Å². The maximum absolute atomic E-state index is 14.0. The molecule has 2 aromatic rings. The summed E-state index contributed by atoms with van der Waals surface area (Å²) in [7, 11) is 1.36. The molecule has 1 N–H and O–H groups in total. The molecule has 0 bridgehead atoms. The third kappa shape index (κ3) is 5.43. The molecule has 200 valence electrons. The van der Waals surface area contributed by atoms with E-state index in [4.69, 9.17) is 14.2 Å². The molecule has 1 aliphatic carbocycles. The lowest BCUT2D eigenvalue weighted by molar-refractivity contribution is -0.141.